The van der Waals surface area contributed by atoms with Gasteiger partial charge in [-0.15, -0.1) is 0 Å². The largest absolute Gasteiger partial charge is 0.462 e. The normalized spacial score (nSPS) is 31.5. The molecule has 0 spiro atoms. The van der Waals surface area contributed by atoms with Gasteiger partial charge in [-0.3, -0.25) is 4.79 Å². The second-order valence-corrected chi connectivity index (χ2v) is 17.3. The first-order valence-corrected chi connectivity index (χ1v) is 20.7. The molecule has 0 aliphatic heterocycles. The van der Waals surface area contributed by atoms with Gasteiger partial charge in [-0.1, -0.05) is 140 Å². The molecule has 8 atom stereocenters. The zero-order valence-electron chi connectivity index (χ0n) is 32.4. The Morgan fingerprint density at radius 2 is 1.52 bits per heavy atom. The molecule has 0 bridgehead atoms. The van der Waals surface area contributed by atoms with Gasteiger partial charge in [0.05, 0.1) is 0 Å². The van der Waals surface area contributed by atoms with E-state index in [-0.39, 0.29) is 17.5 Å². The van der Waals surface area contributed by atoms with Crippen molar-refractivity contribution >= 4 is 5.97 Å². The number of hydrogen-bond acceptors (Lipinski definition) is 2. The molecule has 0 N–H and O–H groups in total. The summed E-state index contributed by atoms with van der Waals surface area (Å²) in [6, 6.07) is 0. The van der Waals surface area contributed by atoms with Crippen molar-refractivity contribution in [2.45, 2.75) is 177 Å². The summed E-state index contributed by atoms with van der Waals surface area (Å²) in [4.78, 5) is 12.8. The highest BCUT2D eigenvalue weighted by atomic mass is 16.5. The molecule has 2 heteroatoms. The molecule has 48 heavy (non-hydrogen) atoms. The Morgan fingerprint density at radius 1 is 0.812 bits per heavy atom. The molecule has 0 aromatic heterocycles. The van der Waals surface area contributed by atoms with Crippen molar-refractivity contribution in [1.29, 1.82) is 0 Å². The number of carbonyl (C=O) groups excluding carboxylic acids is 1. The Kier molecular flexibility index (Phi) is 15.4. The number of carbonyl (C=O) groups is 1. The van der Waals surface area contributed by atoms with Gasteiger partial charge in [0.15, 0.2) is 0 Å². The third-order valence-corrected chi connectivity index (χ3v) is 13.6. The van der Waals surface area contributed by atoms with Crippen LogP contribution >= 0.6 is 0 Å². The zero-order chi connectivity index (χ0) is 34.6. The van der Waals surface area contributed by atoms with Crippen LogP contribution in [-0.4, -0.2) is 12.1 Å². The number of rotatable bonds is 19. The standard InChI is InChI=1S/C46H74O2/c1-8-9-10-11-12-13-14-15-16-17-18-19-20-21-22-23-44(47)48-39-30-32-45(6)38(34-39)26-27-40-42-29-28-41(46(42,7)33-31-43(40)45)37(5)25-24-36(4)35(2)3/h12-13,15-16,24-27,35-37,39,41-43H,8-11,14,17-23,28-34H2,1-7H3/t36-,37+,39-,41+,42-,43-,45+,46+/m0/s1. The lowest BCUT2D eigenvalue weighted by Crippen LogP contribution is -2.46. The molecule has 0 aromatic carbocycles. The zero-order valence-corrected chi connectivity index (χ0v) is 32.4. The second kappa shape index (κ2) is 19.0. The lowest BCUT2D eigenvalue weighted by Gasteiger charge is -2.55. The number of allylic oxidation sites excluding steroid dienone is 9. The second-order valence-electron chi connectivity index (χ2n) is 17.3. The van der Waals surface area contributed by atoms with Crippen molar-refractivity contribution in [2.75, 3.05) is 0 Å². The molecule has 4 rings (SSSR count). The van der Waals surface area contributed by atoms with Crippen molar-refractivity contribution < 1.29 is 9.53 Å². The summed E-state index contributed by atoms with van der Waals surface area (Å²) in [5, 5.41) is 0. The molecule has 3 saturated carbocycles. The average molecular weight is 659 g/mol. The van der Waals surface area contributed by atoms with Gasteiger partial charge in [0.2, 0.25) is 0 Å². The number of ether oxygens (including phenoxy) is 1. The predicted molar refractivity (Wildman–Crippen MR) is 207 cm³/mol. The maximum Gasteiger partial charge on any atom is 0.306 e. The van der Waals surface area contributed by atoms with Gasteiger partial charge in [-0.2, -0.15) is 0 Å². The number of hydrogen-bond donors (Lipinski definition) is 0. The van der Waals surface area contributed by atoms with Gasteiger partial charge in [0.25, 0.3) is 0 Å². The summed E-state index contributed by atoms with van der Waals surface area (Å²) >= 11 is 0. The third kappa shape index (κ3) is 10.1. The Morgan fingerprint density at radius 3 is 2.25 bits per heavy atom. The summed E-state index contributed by atoms with van der Waals surface area (Å²) in [6.07, 6.45) is 41.8. The fourth-order valence-corrected chi connectivity index (χ4v) is 10.0. The molecule has 0 amide bonds. The summed E-state index contributed by atoms with van der Waals surface area (Å²) < 4.78 is 6.10. The lowest BCUT2D eigenvalue weighted by molar-refractivity contribution is -0.151. The average Bonchev–Trinajstić information content (AvgIpc) is 3.42. The van der Waals surface area contributed by atoms with Gasteiger partial charge in [-0.25, -0.2) is 0 Å². The van der Waals surface area contributed by atoms with E-state index in [1.807, 2.05) is 0 Å². The minimum atomic E-state index is 0.0262. The van der Waals surface area contributed by atoms with Crippen LogP contribution in [0.3, 0.4) is 0 Å². The quantitative estimate of drug-likeness (QED) is 0.0784. The fourth-order valence-electron chi connectivity index (χ4n) is 10.0. The smallest absolute Gasteiger partial charge is 0.306 e. The topological polar surface area (TPSA) is 26.3 Å². The molecule has 3 fully saturated rings. The molecule has 270 valence electrons. The van der Waals surface area contributed by atoms with Gasteiger partial charge in [0.1, 0.15) is 6.10 Å². The predicted octanol–water partition coefficient (Wildman–Crippen LogP) is 13.7. The Bertz CT molecular complexity index is 1150. The number of esters is 1. The van der Waals surface area contributed by atoms with E-state index in [2.05, 4.69) is 97.1 Å². The van der Waals surface area contributed by atoms with Crippen LogP contribution in [0.5, 0.6) is 0 Å². The van der Waals surface area contributed by atoms with E-state index in [0.717, 1.165) is 50.4 Å². The Hall–Kier alpha value is -1.83. The van der Waals surface area contributed by atoms with Crippen LogP contribution < -0.4 is 0 Å². The van der Waals surface area contributed by atoms with Crippen molar-refractivity contribution in [1.82, 2.24) is 0 Å². The minimum absolute atomic E-state index is 0.0262. The fraction of sp³-hybridized carbons (Fsp3) is 0.761. The molecular weight excluding hydrogens is 585 g/mol. The number of fused-ring (bicyclic) bond motifs is 5. The Balaban J connectivity index is 1.17. The van der Waals surface area contributed by atoms with Gasteiger partial charge in [-0.05, 0) is 123 Å². The molecule has 4 aliphatic rings. The third-order valence-electron chi connectivity index (χ3n) is 13.6. The number of unbranched alkanes of at least 4 members (excludes halogenated alkanes) is 8. The van der Waals surface area contributed by atoms with E-state index in [0.29, 0.717) is 35.5 Å². The first-order valence-electron chi connectivity index (χ1n) is 20.7. The SMILES string of the molecule is CCCCCC=CCC=CCCCCCCCC(=O)O[C@H]1CC[C@]2(C)C(=CC=C3[C@@H]4CC[C@H]([C@H](C)C=C[C@H](C)C(C)C)[C@@]4(C)CC[C@@H]32)C1. The van der Waals surface area contributed by atoms with Crippen LogP contribution in [0.2, 0.25) is 0 Å². The van der Waals surface area contributed by atoms with Crippen LogP contribution in [0, 0.1) is 46.3 Å². The first kappa shape index (κ1) is 39.0. The van der Waals surface area contributed by atoms with E-state index < -0.39 is 0 Å². The Labute approximate surface area is 297 Å². The van der Waals surface area contributed by atoms with Gasteiger partial charge < -0.3 is 4.74 Å². The monoisotopic (exact) mass is 659 g/mol. The van der Waals surface area contributed by atoms with Crippen molar-refractivity contribution in [3.63, 3.8) is 0 Å². The maximum atomic E-state index is 12.8. The summed E-state index contributed by atoms with van der Waals surface area (Å²) in [6.45, 7) is 17.0. The molecule has 2 nitrogen and oxygen atoms in total. The van der Waals surface area contributed by atoms with Crippen molar-refractivity contribution in [3.05, 3.63) is 59.8 Å². The minimum Gasteiger partial charge on any atom is -0.462 e. The summed E-state index contributed by atoms with van der Waals surface area (Å²) in [5.74, 6) is 4.22. The first-order chi connectivity index (χ1) is 23.1. The maximum absolute atomic E-state index is 12.8. The van der Waals surface area contributed by atoms with E-state index in [1.54, 1.807) is 11.1 Å². The van der Waals surface area contributed by atoms with Gasteiger partial charge >= 0.3 is 5.97 Å². The van der Waals surface area contributed by atoms with Gasteiger partial charge in [0, 0.05) is 12.8 Å². The van der Waals surface area contributed by atoms with E-state index in [4.69, 9.17) is 4.74 Å². The van der Waals surface area contributed by atoms with Crippen LogP contribution in [0.25, 0.3) is 0 Å². The van der Waals surface area contributed by atoms with Crippen LogP contribution in [0.1, 0.15) is 170 Å². The molecule has 0 aromatic rings. The summed E-state index contributed by atoms with van der Waals surface area (Å²) in [5.41, 5.74) is 3.98. The van der Waals surface area contributed by atoms with Crippen molar-refractivity contribution in [3.8, 4) is 0 Å². The van der Waals surface area contributed by atoms with E-state index in [1.165, 1.54) is 77.0 Å². The van der Waals surface area contributed by atoms with Crippen LogP contribution in [-0.2, 0) is 9.53 Å². The van der Waals surface area contributed by atoms with Crippen molar-refractivity contribution in [2.24, 2.45) is 46.3 Å². The molecular formula is C46H74O2. The van der Waals surface area contributed by atoms with E-state index in [9.17, 15) is 4.79 Å². The van der Waals surface area contributed by atoms with E-state index >= 15 is 0 Å². The molecule has 0 unspecified atom stereocenters. The molecule has 0 heterocycles. The van der Waals surface area contributed by atoms with Crippen LogP contribution in [0.4, 0.5) is 0 Å². The summed E-state index contributed by atoms with van der Waals surface area (Å²) in [7, 11) is 0. The lowest BCUT2D eigenvalue weighted by atomic mass is 9.50. The highest BCUT2D eigenvalue weighted by Gasteiger charge is 2.57. The highest BCUT2D eigenvalue weighted by Crippen LogP contribution is 2.66. The molecule has 0 radical (unpaired) electrons. The molecule has 4 aliphatic carbocycles. The van der Waals surface area contributed by atoms with Crippen LogP contribution in [0.15, 0.2) is 59.8 Å². The highest BCUT2D eigenvalue weighted by molar-refractivity contribution is 5.69. The molecule has 0 saturated heterocycles.